The van der Waals surface area contributed by atoms with Crippen LogP contribution in [0.25, 0.3) is 0 Å². The Kier molecular flexibility index (Phi) is 2.26. The van der Waals surface area contributed by atoms with Gasteiger partial charge in [-0.2, -0.15) is 0 Å². The molecule has 0 amide bonds. The Morgan fingerprint density at radius 1 is 1.70 bits per heavy atom. The van der Waals surface area contributed by atoms with E-state index in [4.69, 9.17) is 0 Å². The standard InChI is InChI=1S/C8H9O2/c1-10-8(9)7-5-3-2-4-6-7/h2-3,5H,1,4,6H2. The lowest BCUT2D eigenvalue weighted by atomic mass is 10.1. The summed E-state index contributed by atoms with van der Waals surface area (Å²) in [7, 11) is 3.05. The van der Waals surface area contributed by atoms with Crippen LogP contribution in [-0.4, -0.2) is 5.97 Å². The zero-order valence-corrected chi connectivity index (χ0v) is 5.67. The monoisotopic (exact) mass is 137 g/mol. The number of hydrogen-bond acceptors (Lipinski definition) is 2. The number of carbonyl (C=O) groups is 1. The van der Waals surface area contributed by atoms with Gasteiger partial charge in [0.05, 0.1) is 0 Å². The minimum atomic E-state index is -0.315. The molecule has 0 spiro atoms. The van der Waals surface area contributed by atoms with E-state index in [1.54, 1.807) is 6.08 Å². The van der Waals surface area contributed by atoms with Gasteiger partial charge in [-0.3, -0.25) is 0 Å². The molecule has 0 aromatic carbocycles. The van der Waals surface area contributed by atoms with Crippen LogP contribution < -0.4 is 0 Å². The summed E-state index contributed by atoms with van der Waals surface area (Å²) in [5, 5.41) is 0. The first-order chi connectivity index (χ1) is 4.84. The fourth-order valence-electron chi connectivity index (χ4n) is 0.865. The molecule has 2 heteroatoms. The lowest BCUT2D eigenvalue weighted by Crippen LogP contribution is -2.04. The van der Waals surface area contributed by atoms with E-state index in [-0.39, 0.29) is 5.97 Å². The van der Waals surface area contributed by atoms with Crippen molar-refractivity contribution in [3.63, 3.8) is 0 Å². The van der Waals surface area contributed by atoms with Crippen LogP contribution in [0, 0.1) is 7.11 Å². The van der Waals surface area contributed by atoms with Gasteiger partial charge in [0.25, 0.3) is 0 Å². The highest BCUT2D eigenvalue weighted by Crippen LogP contribution is 2.12. The van der Waals surface area contributed by atoms with Crippen LogP contribution in [0.1, 0.15) is 12.8 Å². The van der Waals surface area contributed by atoms with Crippen LogP contribution in [0.2, 0.25) is 0 Å². The summed E-state index contributed by atoms with van der Waals surface area (Å²) in [5.41, 5.74) is 0.706. The van der Waals surface area contributed by atoms with Crippen LogP contribution in [-0.2, 0) is 9.53 Å². The Bertz CT molecular complexity index is 189. The van der Waals surface area contributed by atoms with Crippen molar-refractivity contribution in [2.45, 2.75) is 12.8 Å². The molecule has 1 aliphatic rings. The number of rotatable bonds is 1. The number of esters is 1. The highest BCUT2D eigenvalue weighted by molar-refractivity contribution is 5.89. The van der Waals surface area contributed by atoms with Gasteiger partial charge in [0.1, 0.15) is 7.11 Å². The summed E-state index contributed by atoms with van der Waals surface area (Å²) < 4.78 is 4.30. The van der Waals surface area contributed by atoms with E-state index in [9.17, 15) is 4.79 Å². The van der Waals surface area contributed by atoms with E-state index < -0.39 is 0 Å². The zero-order chi connectivity index (χ0) is 7.40. The van der Waals surface area contributed by atoms with Crippen molar-refractivity contribution in [1.29, 1.82) is 0 Å². The Balaban J connectivity index is 2.62. The van der Waals surface area contributed by atoms with E-state index >= 15 is 0 Å². The second-order valence-corrected chi connectivity index (χ2v) is 2.09. The summed E-state index contributed by atoms with van der Waals surface area (Å²) in [6, 6.07) is 0. The minimum Gasteiger partial charge on any atom is -0.459 e. The smallest absolute Gasteiger partial charge is 0.334 e. The number of hydrogen-bond donors (Lipinski definition) is 0. The average molecular weight is 137 g/mol. The van der Waals surface area contributed by atoms with Gasteiger partial charge in [-0.25, -0.2) is 4.79 Å². The van der Waals surface area contributed by atoms with E-state index in [1.165, 1.54) is 0 Å². The minimum absolute atomic E-state index is 0.315. The Hall–Kier alpha value is -1.05. The molecule has 1 rings (SSSR count). The highest BCUT2D eigenvalue weighted by atomic mass is 16.5. The molecule has 2 nitrogen and oxygen atoms in total. The predicted molar refractivity (Wildman–Crippen MR) is 37.9 cm³/mol. The van der Waals surface area contributed by atoms with Crippen LogP contribution >= 0.6 is 0 Å². The van der Waals surface area contributed by atoms with Crippen molar-refractivity contribution in [2.75, 3.05) is 0 Å². The number of carbonyl (C=O) groups excluding carboxylic acids is 1. The summed E-state index contributed by atoms with van der Waals surface area (Å²) in [4.78, 5) is 10.8. The maximum Gasteiger partial charge on any atom is 0.334 e. The summed E-state index contributed by atoms with van der Waals surface area (Å²) in [6.07, 6.45) is 7.32. The van der Waals surface area contributed by atoms with E-state index in [0.29, 0.717) is 5.57 Å². The number of allylic oxidation sites excluding steroid dienone is 3. The molecular weight excluding hydrogens is 128 g/mol. The molecule has 0 saturated heterocycles. The lowest BCUT2D eigenvalue weighted by Gasteiger charge is -2.04. The van der Waals surface area contributed by atoms with Crippen molar-refractivity contribution in [3.05, 3.63) is 30.9 Å². The van der Waals surface area contributed by atoms with Crippen LogP contribution in [0.15, 0.2) is 23.8 Å². The molecule has 0 aromatic heterocycles. The summed E-state index contributed by atoms with van der Waals surface area (Å²) in [5.74, 6) is -0.315. The van der Waals surface area contributed by atoms with E-state index in [0.717, 1.165) is 12.8 Å². The predicted octanol–water partition coefficient (Wildman–Crippen LogP) is 1.60. The molecule has 0 N–H and O–H groups in total. The van der Waals surface area contributed by atoms with Crippen molar-refractivity contribution in [2.24, 2.45) is 0 Å². The van der Waals surface area contributed by atoms with Gasteiger partial charge in [-0.1, -0.05) is 18.2 Å². The fourth-order valence-corrected chi connectivity index (χ4v) is 0.865. The molecule has 0 heterocycles. The van der Waals surface area contributed by atoms with Gasteiger partial charge in [0.15, 0.2) is 0 Å². The zero-order valence-electron chi connectivity index (χ0n) is 5.67. The van der Waals surface area contributed by atoms with E-state index in [2.05, 4.69) is 11.8 Å². The first-order valence-corrected chi connectivity index (χ1v) is 3.16. The molecule has 10 heavy (non-hydrogen) atoms. The van der Waals surface area contributed by atoms with E-state index in [1.807, 2.05) is 12.2 Å². The Labute approximate surface area is 60.2 Å². The SMILES string of the molecule is [CH2]OC(=O)C1=CC=CCC1. The second kappa shape index (κ2) is 3.20. The first kappa shape index (κ1) is 7.06. The summed E-state index contributed by atoms with van der Waals surface area (Å²) >= 11 is 0. The Morgan fingerprint density at radius 2 is 2.50 bits per heavy atom. The largest absolute Gasteiger partial charge is 0.459 e. The van der Waals surface area contributed by atoms with Gasteiger partial charge in [-0.15, -0.1) is 0 Å². The molecule has 0 atom stereocenters. The van der Waals surface area contributed by atoms with Crippen LogP contribution in [0.3, 0.4) is 0 Å². The molecule has 0 aromatic rings. The molecule has 53 valence electrons. The quantitative estimate of drug-likeness (QED) is 0.513. The molecule has 1 radical (unpaired) electrons. The molecule has 0 saturated carbocycles. The average Bonchev–Trinajstić information content (AvgIpc) is 2.05. The van der Waals surface area contributed by atoms with Gasteiger partial charge in [0.2, 0.25) is 0 Å². The molecular formula is C8H9O2. The normalized spacial score (nSPS) is 16.3. The molecule has 1 aliphatic carbocycles. The van der Waals surface area contributed by atoms with Gasteiger partial charge in [0, 0.05) is 5.57 Å². The molecule has 0 bridgehead atoms. The second-order valence-electron chi connectivity index (χ2n) is 2.09. The van der Waals surface area contributed by atoms with Gasteiger partial charge >= 0.3 is 5.97 Å². The maximum absolute atomic E-state index is 10.8. The maximum atomic E-state index is 10.8. The first-order valence-electron chi connectivity index (χ1n) is 3.16. The van der Waals surface area contributed by atoms with Crippen molar-refractivity contribution in [1.82, 2.24) is 0 Å². The molecule has 0 fully saturated rings. The van der Waals surface area contributed by atoms with Crippen molar-refractivity contribution < 1.29 is 9.53 Å². The Morgan fingerprint density at radius 3 is 3.00 bits per heavy atom. The summed E-state index contributed by atoms with van der Waals surface area (Å²) in [6.45, 7) is 0. The molecule has 0 unspecified atom stereocenters. The van der Waals surface area contributed by atoms with Crippen LogP contribution in [0.4, 0.5) is 0 Å². The molecule has 0 aliphatic heterocycles. The van der Waals surface area contributed by atoms with Crippen LogP contribution in [0.5, 0.6) is 0 Å². The lowest BCUT2D eigenvalue weighted by molar-refractivity contribution is -0.134. The number of ether oxygens (including phenoxy) is 1. The van der Waals surface area contributed by atoms with Crippen molar-refractivity contribution >= 4 is 5.97 Å². The highest BCUT2D eigenvalue weighted by Gasteiger charge is 2.08. The third kappa shape index (κ3) is 1.47. The third-order valence-electron chi connectivity index (χ3n) is 1.41. The third-order valence-corrected chi connectivity index (χ3v) is 1.41. The fraction of sp³-hybridized carbons (Fsp3) is 0.250. The van der Waals surface area contributed by atoms with Gasteiger partial charge < -0.3 is 4.74 Å². The topological polar surface area (TPSA) is 26.3 Å². The van der Waals surface area contributed by atoms with Gasteiger partial charge in [-0.05, 0) is 12.8 Å². The van der Waals surface area contributed by atoms with Crippen molar-refractivity contribution in [3.8, 4) is 0 Å².